The van der Waals surface area contributed by atoms with Crippen LogP contribution in [-0.2, 0) is 18.6 Å². The molecule has 0 spiro atoms. The van der Waals surface area contributed by atoms with Gasteiger partial charge in [0.05, 0.1) is 25.9 Å². The summed E-state index contributed by atoms with van der Waals surface area (Å²) < 4.78 is 28.1. The second-order valence-corrected chi connectivity index (χ2v) is 12.6. The van der Waals surface area contributed by atoms with Crippen LogP contribution in [0, 0.1) is 5.92 Å². The summed E-state index contributed by atoms with van der Waals surface area (Å²) in [7, 11) is -4.00. The van der Waals surface area contributed by atoms with Crippen LogP contribution in [0.1, 0.15) is 104 Å². The Morgan fingerprint density at radius 2 is 1.49 bits per heavy atom. The van der Waals surface area contributed by atoms with E-state index in [2.05, 4.69) is 19.2 Å². The van der Waals surface area contributed by atoms with E-state index in [1.807, 2.05) is 0 Å². The molecule has 4 N–H and O–H groups in total. The predicted octanol–water partition coefficient (Wildman–Crippen LogP) is 5.51. The SMILES string of the molecule is CC(C)CCCCCCCCCCCCCCOCCCOP(=O)(O)COC(CO)CN1C=CC(O)NC1=O. The number of amides is 2. The monoisotopic (exact) mass is 578 g/mol. The molecule has 0 aromatic rings. The normalized spacial score (nSPS) is 17.9. The number of ether oxygens (including phenoxy) is 2. The third-order valence-corrected chi connectivity index (χ3v) is 7.67. The van der Waals surface area contributed by atoms with Crippen LogP contribution in [0.3, 0.4) is 0 Å². The molecule has 0 aromatic heterocycles. The topological polar surface area (TPSA) is 138 Å². The van der Waals surface area contributed by atoms with Gasteiger partial charge in [0.15, 0.2) is 0 Å². The minimum absolute atomic E-state index is 0.0435. The molecule has 0 saturated heterocycles. The van der Waals surface area contributed by atoms with Crippen molar-refractivity contribution >= 4 is 13.6 Å². The third kappa shape index (κ3) is 20.5. The van der Waals surface area contributed by atoms with Crippen LogP contribution < -0.4 is 5.32 Å². The molecule has 1 rings (SSSR count). The first-order valence-corrected chi connectivity index (χ1v) is 16.7. The van der Waals surface area contributed by atoms with Gasteiger partial charge in [-0.05, 0) is 24.8 Å². The van der Waals surface area contributed by atoms with E-state index < -0.39 is 38.9 Å². The molecule has 0 saturated carbocycles. The molecule has 11 heteroatoms. The first-order chi connectivity index (χ1) is 18.7. The van der Waals surface area contributed by atoms with E-state index in [0.717, 1.165) is 18.8 Å². The maximum Gasteiger partial charge on any atom is 0.353 e. The molecule has 3 atom stereocenters. The number of aliphatic hydroxyl groups is 2. The molecule has 1 aliphatic rings. The van der Waals surface area contributed by atoms with Crippen molar-refractivity contribution in [3.05, 3.63) is 12.3 Å². The highest BCUT2D eigenvalue weighted by Gasteiger charge is 2.26. The minimum atomic E-state index is -4.00. The number of hydrogen-bond donors (Lipinski definition) is 4. The van der Waals surface area contributed by atoms with Gasteiger partial charge in [-0.15, -0.1) is 0 Å². The fourth-order valence-corrected chi connectivity index (χ4v) is 5.16. The first-order valence-electron chi connectivity index (χ1n) is 14.9. The number of unbranched alkanes of at least 4 members (excludes halogenated alkanes) is 11. The van der Waals surface area contributed by atoms with E-state index in [0.29, 0.717) is 19.6 Å². The summed E-state index contributed by atoms with van der Waals surface area (Å²) in [5.41, 5.74) is 0. The summed E-state index contributed by atoms with van der Waals surface area (Å²) in [4.78, 5) is 22.9. The molecule has 3 unspecified atom stereocenters. The summed E-state index contributed by atoms with van der Waals surface area (Å²) in [5.74, 6) is 0.839. The molecule has 0 radical (unpaired) electrons. The molecule has 230 valence electrons. The molecule has 1 heterocycles. The van der Waals surface area contributed by atoms with E-state index in [4.69, 9.17) is 14.0 Å². The van der Waals surface area contributed by atoms with E-state index in [1.54, 1.807) is 0 Å². The Labute approximate surface area is 236 Å². The predicted molar refractivity (Wildman–Crippen MR) is 153 cm³/mol. The Morgan fingerprint density at radius 1 is 0.923 bits per heavy atom. The summed E-state index contributed by atoms with van der Waals surface area (Å²) in [6.45, 7) is 5.31. The van der Waals surface area contributed by atoms with Crippen molar-refractivity contribution in [2.75, 3.05) is 39.3 Å². The highest BCUT2D eigenvalue weighted by Crippen LogP contribution is 2.42. The highest BCUT2D eigenvalue weighted by molar-refractivity contribution is 7.52. The van der Waals surface area contributed by atoms with Crippen LogP contribution in [0.4, 0.5) is 4.79 Å². The Hall–Kier alpha value is -1.00. The zero-order chi connectivity index (χ0) is 28.8. The standard InChI is InChI=1S/C28H55N2O8P/c1-25(2)16-13-11-9-7-5-3-4-6-8-10-12-14-19-36-20-15-21-38-39(34,35)24-37-26(23-31)22-30-18-17-27(32)29-28(30)33/h17-18,25-27,31-32H,3-16,19-24H2,1-2H3,(H,29,33)(H,34,35). The number of rotatable bonds is 26. The van der Waals surface area contributed by atoms with Crippen LogP contribution >= 0.6 is 7.60 Å². The van der Waals surface area contributed by atoms with Gasteiger partial charge in [0.2, 0.25) is 0 Å². The lowest BCUT2D eigenvalue weighted by Crippen LogP contribution is -2.48. The lowest BCUT2D eigenvalue weighted by Gasteiger charge is -2.28. The van der Waals surface area contributed by atoms with Crippen molar-refractivity contribution in [2.24, 2.45) is 5.92 Å². The van der Waals surface area contributed by atoms with Crippen molar-refractivity contribution in [1.29, 1.82) is 0 Å². The van der Waals surface area contributed by atoms with Crippen LogP contribution in [-0.4, -0.2) is 77.7 Å². The van der Waals surface area contributed by atoms with Crippen molar-refractivity contribution in [1.82, 2.24) is 10.2 Å². The molecule has 2 amide bonds. The Bertz CT molecular complexity index is 694. The Kier molecular flexibility index (Phi) is 20.9. The number of nitrogens with one attached hydrogen (secondary N) is 1. The van der Waals surface area contributed by atoms with E-state index >= 15 is 0 Å². The maximum absolute atomic E-state index is 12.2. The second-order valence-electron chi connectivity index (χ2n) is 10.9. The van der Waals surface area contributed by atoms with Gasteiger partial charge in [-0.1, -0.05) is 90.9 Å². The van der Waals surface area contributed by atoms with E-state index in [-0.39, 0.29) is 13.2 Å². The number of urea groups is 1. The molecule has 0 aliphatic carbocycles. The van der Waals surface area contributed by atoms with E-state index in [1.165, 1.54) is 87.8 Å². The van der Waals surface area contributed by atoms with Crippen molar-refractivity contribution < 1.29 is 38.5 Å². The molecular weight excluding hydrogens is 523 g/mol. The highest BCUT2D eigenvalue weighted by atomic mass is 31.2. The number of nitrogens with zero attached hydrogens (tertiary/aromatic N) is 1. The molecule has 0 fully saturated rings. The summed E-state index contributed by atoms with van der Waals surface area (Å²) in [5, 5.41) is 21.1. The largest absolute Gasteiger partial charge is 0.394 e. The zero-order valence-corrected chi connectivity index (χ0v) is 25.2. The molecular formula is C28H55N2O8P. The summed E-state index contributed by atoms with van der Waals surface area (Å²) >= 11 is 0. The van der Waals surface area contributed by atoms with Crippen LogP contribution in [0.2, 0.25) is 0 Å². The second kappa shape index (κ2) is 22.7. The van der Waals surface area contributed by atoms with Gasteiger partial charge >= 0.3 is 13.6 Å². The maximum atomic E-state index is 12.2. The third-order valence-electron chi connectivity index (χ3n) is 6.60. The van der Waals surface area contributed by atoms with Gasteiger partial charge in [-0.2, -0.15) is 0 Å². The first kappa shape index (κ1) is 36.0. The van der Waals surface area contributed by atoms with Gasteiger partial charge in [0.25, 0.3) is 0 Å². The molecule has 0 bridgehead atoms. The lowest BCUT2D eigenvalue weighted by molar-refractivity contribution is 0.0152. The van der Waals surface area contributed by atoms with Gasteiger partial charge in [0.1, 0.15) is 12.6 Å². The van der Waals surface area contributed by atoms with Gasteiger partial charge < -0.3 is 34.4 Å². The lowest BCUT2D eigenvalue weighted by atomic mass is 10.0. The average Bonchev–Trinajstić information content (AvgIpc) is 2.88. The number of hydrogen-bond acceptors (Lipinski definition) is 7. The summed E-state index contributed by atoms with van der Waals surface area (Å²) in [6, 6.07) is -0.556. The number of carbonyl (C=O) groups is 1. The van der Waals surface area contributed by atoms with Crippen molar-refractivity contribution in [2.45, 2.75) is 116 Å². The van der Waals surface area contributed by atoms with Crippen LogP contribution in [0.5, 0.6) is 0 Å². The smallest absolute Gasteiger partial charge is 0.353 e. The van der Waals surface area contributed by atoms with Crippen molar-refractivity contribution in [3.8, 4) is 0 Å². The summed E-state index contributed by atoms with van der Waals surface area (Å²) in [6.07, 6.45) is 17.7. The van der Waals surface area contributed by atoms with Gasteiger partial charge in [-0.25, -0.2) is 4.79 Å². The van der Waals surface area contributed by atoms with Gasteiger partial charge in [0, 0.05) is 19.4 Å². The Balaban J connectivity index is 1.91. The van der Waals surface area contributed by atoms with Crippen molar-refractivity contribution in [3.63, 3.8) is 0 Å². The zero-order valence-electron chi connectivity index (χ0n) is 24.3. The fourth-order valence-electron chi connectivity index (χ4n) is 4.27. The van der Waals surface area contributed by atoms with E-state index in [9.17, 15) is 24.5 Å². The quantitative estimate of drug-likeness (QED) is 0.0778. The number of carbonyl (C=O) groups excluding carboxylic acids is 1. The molecule has 1 aliphatic heterocycles. The molecule has 0 aromatic carbocycles. The van der Waals surface area contributed by atoms with Crippen LogP contribution in [0.25, 0.3) is 0 Å². The number of aliphatic hydroxyl groups excluding tert-OH is 2. The fraction of sp³-hybridized carbons (Fsp3) is 0.893. The average molecular weight is 579 g/mol. The molecule has 39 heavy (non-hydrogen) atoms. The molecule has 10 nitrogen and oxygen atoms in total. The minimum Gasteiger partial charge on any atom is -0.394 e. The van der Waals surface area contributed by atoms with Gasteiger partial charge in [-0.3, -0.25) is 9.46 Å². The Morgan fingerprint density at radius 3 is 2.05 bits per heavy atom. The van der Waals surface area contributed by atoms with Crippen LogP contribution in [0.15, 0.2) is 12.3 Å².